The van der Waals surface area contributed by atoms with Gasteiger partial charge in [0.25, 0.3) is 5.91 Å². The molecule has 9 heteroatoms. The van der Waals surface area contributed by atoms with E-state index in [1.165, 1.54) is 0 Å². The number of aryl methyl sites for hydroxylation is 3. The van der Waals surface area contributed by atoms with Crippen LogP contribution in [0.3, 0.4) is 0 Å². The van der Waals surface area contributed by atoms with Gasteiger partial charge < -0.3 is 4.90 Å². The molecule has 0 bridgehead atoms. The van der Waals surface area contributed by atoms with Crippen LogP contribution in [-0.2, 0) is 19.6 Å². The first-order chi connectivity index (χ1) is 15.4. The second-order valence-corrected chi connectivity index (χ2v) is 7.87. The Kier molecular flexibility index (Phi) is 5.82. The van der Waals surface area contributed by atoms with Gasteiger partial charge in [0.2, 0.25) is 0 Å². The molecule has 0 aliphatic rings. The molecule has 0 aliphatic carbocycles. The van der Waals surface area contributed by atoms with Crippen LogP contribution < -0.4 is 0 Å². The van der Waals surface area contributed by atoms with E-state index in [-0.39, 0.29) is 5.91 Å². The van der Waals surface area contributed by atoms with Crippen molar-refractivity contribution in [3.63, 3.8) is 0 Å². The smallest absolute Gasteiger partial charge is 0.259 e. The van der Waals surface area contributed by atoms with Gasteiger partial charge in [-0.3, -0.25) is 14.2 Å². The van der Waals surface area contributed by atoms with Gasteiger partial charge in [-0.1, -0.05) is 0 Å². The molecule has 0 spiro atoms. The van der Waals surface area contributed by atoms with E-state index in [0.29, 0.717) is 24.3 Å². The third-order valence-corrected chi connectivity index (χ3v) is 6.16. The van der Waals surface area contributed by atoms with Crippen LogP contribution in [0.1, 0.15) is 53.8 Å². The highest BCUT2D eigenvalue weighted by Crippen LogP contribution is 2.25. The van der Waals surface area contributed by atoms with E-state index < -0.39 is 0 Å². The topological polar surface area (TPSA) is 86.1 Å². The summed E-state index contributed by atoms with van der Waals surface area (Å²) in [6.45, 7) is 14.9. The van der Waals surface area contributed by atoms with Gasteiger partial charge in [0, 0.05) is 54.9 Å². The molecule has 4 aromatic rings. The van der Waals surface area contributed by atoms with E-state index in [9.17, 15) is 4.79 Å². The lowest BCUT2D eigenvalue weighted by molar-refractivity contribution is 0.0754. The number of nitrogens with zero attached hydrogens (tertiary/aromatic N) is 8. The fourth-order valence-electron chi connectivity index (χ4n) is 4.22. The van der Waals surface area contributed by atoms with Crippen molar-refractivity contribution >= 4 is 11.6 Å². The number of fused-ring (bicyclic) bond motifs is 1. The predicted octanol–water partition coefficient (Wildman–Crippen LogP) is 3.42. The molecule has 0 N–H and O–H groups in total. The molecule has 0 aromatic carbocycles. The van der Waals surface area contributed by atoms with Crippen LogP contribution in [0.15, 0.2) is 24.7 Å². The summed E-state index contributed by atoms with van der Waals surface area (Å²) in [6, 6.07) is 1.90. The summed E-state index contributed by atoms with van der Waals surface area (Å²) < 4.78 is 5.65. The molecule has 0 aliphatic heterocycles. The summed E-state index contributed by atoms with van der Waals surface area (Å²) in [5, 5.41) is 13.6. The summed E-state index contributed by atoms with van der Waals surface area (Å²) >= 11 is 0. The second kappa shape index (κ2) is 8.57. The van der Waals surface area contributed by atoms with Crippen LogP contribution in [-0.4, -0.2) is 51.5 Å². The third-order valence-electron chi connectivity index (χ3n) is 6.16. The fourth-order valence-corrected chi connectivity index (χ4v) is 4.22. The molecule has 32 heavy (non-hydrogen) atoms. The van der Waals surface area contributed by atoms with Crippen molar-refractivity contribution in [1.82, 2.24) is 39.1 Å². The molecule has 0 atom stereocenters. The molecular formula is C23H30N8O. The van der Waals surface area contributed by atoms with Gasteiger partial charge in [-0.2, -0.15) is 15.3 Å². The first-order valence-electron chi connectivity index (χ1n) is 11.1. The van der Waals surface area contributed by atoms with Crippen molar-refractivity contribution in [2.24, 2.45) is 0 Å². The first-order valence-corrected chi connectivity index (χ1v) is 11.1. The normalized spacial score (nSPS) is 11.4. The Morgan fingerprint density at radius 3 is 2.38 bits per heavy atom. The van der Waals surface area contributed by atoms with Crippen molar-refractivity contribution in [3.8, 4) is 11.3 Å². The Morgan fingerprint density at radius 2 is 1.75 bits per heavy atom. The molecule has 1 amide bonds. The van der Waals surface area contributed by atoms with Crippen molar-refractivity contribution in [3.05, 3.63) is 52.9 Å². The van der Waals surface area contributed by atoms with Gasteiger partial charge in [-0.25, -0.2) is 9.50 Å². The average molecular weight is 435 g/mol. The largest absolute Gasteiger partial charge is 0.334 e. The minimum Gasteiger partial charge on any atom is -0.334 e. The Morgan fingerprint density at radius 1 is 1.00 bits per heavy atom. The highest BCUT2D eigenvalue weighted by Gasteiger charge is 2.24. The lowest BCUT2D eigenvalue weighted by atomic mass is 10.1. The number of carbonyl (C=O) groups excluding carboxylic acids is 1. The highest BCUT2D eigenvalue weighted by molar-refractivity contribution is 6.00. The Balaban J connectivity index is 1.71. The quantitative estimate of drug-likeness (QED) is 0.445. The number of hydrogen-bond acceptors (Lipinski definition) is 5. The number of carbonyl (C=O) groups is 1. The van der Waals surface area contributed by atoms with E-state index in [2.05, 4.69) is 41.1 Å². The number of hydrogen-bond donors (Lipinski definition) is 0. The summed E-state index contributed by atoms with van der Waals surface area (Å²) in [5.41, 5.74) is 7.09. The fraction of sp³-hybridized carbons (Fsp3) is 0.435. The van der Waals surface area contributed by atoms with Crippen LogP contribution in [0.5, 0.6) is 0 Å². The zero-order valence-electron chi connectivity index (χ0n) is 19.6. The van der Waals surface area contributed by atoms with Gasteiger partial charge in [0.1, 0.15) is 5.56 Å². The van der Waals surface area contributed by atoms with Gasteiger partial charge in [0.05, 0.1) is 23.8 Å². The number of amides is 1. The standard InChI is InChI=1S/C23H30N8O/c1-7-28(14-20-15(4)27-30(9-3)17(20)6)23(32)19-13-26-31-21(10-11-24-22(19)31)18-12-25-29(8-2)16(18)5/h10-13H,7-9,14H2,1-6H3. The SMILES string of the molecule is CCN(Cc1c(C)nn(CC)c1C)C(=O)c1cnn2c(-c3cnn(CC)c3C)ccnc12. The molecule has 0 unspecified atom stereocenters. The van der Waals surface area contributed by atoms with E-state index in [1.54, 1.807) is 16.9 Å². The second-order valence-electron chi connectivity index (χ2n) is 7.87. The molecule has 9 nitrogen and oxygen atoms in total. The Bertz CT molecular complexity index is 1280. The summed E-state index contributed by atoms with van der Waals surface area (Å²) in [4.78, 5) is 19.8. The van der Waals surface area contributed by atoms with Crippen molar-refractivity contribution in [2.45, 2.75) is 61.2 Å². The van der Waals surface area contributed by atoms with E-state index in [0.717, 1.165) is 47.0 Å². The summed E-state index contributed by atoms with van der Waals surface area (Å²) in [6.07, 6.45) is 5.18. The monoisotopic (exact) mass is 434 g/mol. The zero-order valence-corrected chi connectivity index (χ0v) is 19.6. The van der Waals surface area contributed by atoms with Crippen molar-refractivity contribution in [1.29, 1.82) is 0 Å². The van der Waals surface area contributed by atoms with Gasteiger partial charge in [-0.05, 0) is 47.6 Å². The van der Waals surface area contributed by atoms with Gasteiger partial charge >= 0.3 is 0 Å². The minimum atomic E-state index is -0.0869. The van der Waals surface area contributed by atoms with Crippen LogP contribution in [0.2, 0.25) is 0 Å². The molecule has 0 radical (unpaired) electrons. The van der Waals surface area contributed by atoms with Crippen LogP contribution in [0.25, 0.3) is 16.9 Å². The molecule has 4 heterocycles. The minimum absolute atomic E-state index is 0.0869. The van der Waals surface area contributed by atoms with Gasteiger partial charge in [0.15, 0.2) is 5.65 Å². The molecule has 0 saturated heterocycles. The summed E-state index contributed by atoms with van der Waals surface area (Å²) in [5.74, 6) is -0.0869. The zero-order chi connectivity index (χ0) is 23.0. The molecule has 0 fully saturated rings. The maximum atomic E-state index is 13.5. The predicted molar refractivity (Wildman–Crippen MR) is 122 cm³/mol. The Hall–Kier alpha value is -3.49. The van der Waals surface area contributed by atoms with Crippen molar-refractivity contribution in [2.75, 3.05) is 6.54 Å². The van der Waals surface area contributed by atoms with E-state index >= 15 is 0 Å². The van der Waals surface area contributed by atoms with Crippen LogP contribution in [0, 0.1) is 20.8 Å². The maximum absolute atomic E-state index is 13.5. The molecular weight excluding hydrogens is 404 g/mol. The number of rotatable bonds is 7. The van der Waals surface area contributed by atoms with E-state index in [1.807, 2.05) is 47.3 Å². The lowest BCUT2D eigenvalue weighted by Crippen LogP contribution is -2.30. The van der Waals surface area contributed by atoms with E-state index in [4.69, 9.17) is 0 Å². The molecule has 4 aromatic heterocycles. The van der Waals surface area contributed by atoms with Crippen LogP contribution >= 0.6 is 0 Å². The van der Waals surface area contributed by atoms with Gasteiger partial charge in [-0.15, -0.1) is 0 Å². The lowest BCUT2D eigenvalue weighted by Gasteiger charge is -2.20. The maximum Gasteiger partial charge on any atom is 0.259 e. The highest BCUT2D eigenvalue weighted by atomic mass is 16.2. The molecule has 4 rings (SSSR count). The summed E-state index contributed by atoms with van der Waals surface area (Å²) in [7, 11) is 0. The number of aromatic nitrogens is 7. The molecule has 168 valence electrons. The van der Waals surface area contributed by atoms with Crippen molar-refractivity contribution < 1.29 is 4.79 Å². The third kappa shape index (κ3) is 3.47. The first kappa shape index (κ1) is 21.7. The molecule has 0 saturated carbocycles. The van der Waals surface area contributed by atoms with Crippen LogP contribution in [0.4, 0.5) is 0 Å². The Labute approximate surface area is 187 Å². The average Bonchev–Trinajstić information content (AvgIpc) is 3.47.